The van der Waals surface area contributed by atoms with Gasteiger partial charge in [-0.15, -0.1) is 0 Å². The predicted octanol–water partition coefficient (Wildman–Crippen LogP) is 4.03. The second-order valence-corrected chi connectivity index (χ2v) is 10.4. The number of hydrogen-bond donors (Lipinski definition) is 2. The fourth-order valence-corrected chi connectivity index (χ4v) is 5.97. The Morgan fingerprint density at radius 1 is 0.868 bits per heavy atom. The van der Waals surface area contributed by atoms with Crippen LogP contribution >= 0.6 is 0 Å². The Hall–Kier alpha value is -3.82. The van der Waals surface area contributed by atoms with Gasteiger partial charge in [-0.2, -0.15) is 5.10 Å². The van der Waals surface area contributed by atoms with Crippen molar-refractivity contribution in [2.45, 2.75) is 37.8 Å². The zero-order valence-electron chi connectivity index (χ0n) is 21.7. The standard InChI is InChI=1S/C29H34N8O/c1-35-15-17-36(18-16-35)23-11-13-24(14-12-23)37-29-25(28(30)31-19-32-29)27(33-37)22-9-7-21(8-10-22)26(34-38)20-5-3-2-4-6-20/h2-10,19,23-24,38H,11-18H2,1H3,(H2,30,31,32)/t23-,24-. The number of benzene rings is 2. The van der Waals surface area contributed by atoms with Crippen molar-refractivity contribution in [2.24, 2.45) is 5.16 Å². The molecule has 2 aliphatic rings. The highest BCUT2D eigenvalue weighted by molar-refractivity contribution is 6.12. The maximum absolute atomic E-state index is 9.69. The van der Waals surface area contributed by atoms with Crippen LogP contribution in [0.5, 0.6) is 0 Å². The second-order valence-electron chi connectivity index (χ2n) is 10.4. The summed E-state index contributed by atoms with van der Waals surface area (Å²) in [4.78, 5) is 14.0. The molecule has 1 aliphatic carbocycles. The van der Waals surface area contributed by atoms with Crippen LogP contribution in [-0.2, 0) is 0 Å². The van der Waals surface area contributed by atoms with E-state index in [1.54, 1.807) is 0 Å². The average molecular weight is 511 g/mol. The van der Waals surface area contributed by atoms with E-state index in [0.717, 1.165) is 72.4 Å². The van der Waals surface area contributed by atoms with Gasteiger partial charge in [-0.25, -0.2) is 14.6 Å². The number of anilines is 1. The van der Waals surface area contributed by atoms with Gasteiger partial charge in [0, 0.05) is 48.9 Å². The third-order valence-corrected chi connectivity index (χ3v) is 8.16. The number of oxime groups is 1. The van der Waals surface area contributed by atoms with Crippen LogP contribution in [0.2, 0.25) is 0 Å². The summed E-state index contributed by atoms with van der Waals surface area (Å²) in [6, 6.07) is 18.5. The first kappa shape index (κ1) is 24.5. The number of aromatic nitrogens is 4. The molecule has 38 heavy (non-hydrogen) atoms. The second kappa shape index (κ2) is 10.5. The Morgan fingerprint density at radius 2 is 1.53 bits per heavy atom. The van der Waals surface area contributed by atoms with Gasteiger partial charge in [0.1, 0.15) is 23.6 Å². The Bertz CT molecular complexity index is 1420. The molecule has 1 saturated heterocycles. The van der Waals surface area contributed by atoms with E-state index >= 15 is 0 Å². The lowest BCUT2D eigenvalue weighted by Crippen LogP contribution is -2.49. The monoisotopic (exact) mass is 510 g/mol. The molecule has 1 saturated carbocycles. The molecule has 9 nitrogen and oxygen atoms in total. The summed E-state index contributed by atoms with van der Waals surface area (Å²) in [5, 5.41) is 19.1. The molecule has 0 spiro atoms. The zero-order valence-corrected chi connectivity index (χ0v) is 21.7. The molecule has 0 amide bonds. The normalized spacial score (nSPS) is 21.7. The highest BCUT2D eigenvalue weighted by Crippen LogP contribution is 2.37. The first-order valence-corrected chi connectivity index (χ1v) is 13.4. The van der Waals surface area contributed by atoms with E-state index in [9.17, 15) is 5.21 Å². The first-order chi connectivity index (χ1) is 18.6. The van der Waals surface area contributed by atoms with Crippen molar-refractivity contribution in [3.05, 3.63) is 72.1 Å². The summed E-state index contributed by atoms with van der Waals surface area (Å²) >= 11 is 0. The van der Waals surface area contributed by atoms with E-state index in [0.29, 0.717) is 17.6 Å². The van der Waals surface area contributed by atoms with Crippen LogP contribution in [0.1, 0.15) is 42.9 Å². The SMILES string of the molecule is CN1CCN([C@H]2CC[C@H](n3nc(-c4ccc(C(=NO)c5ccccc5)cc4)c4c(N)ncnc43)CC2)CC1. The highest BCUT2D eigenvalue weighted by atomic mass is 16.4. The number of nitrogen functional groups attached to an aromatic ring is 1. The van der Waals surface area contributed by atoms with Gasteiger partial charge in [0.15, 0.2) is 5.65 Å². The molecule has 0 atom stereocenters. The molecule has 9 heteroatoms. The number of fused-ring (bicyclic) bond motifs is 1. The van der Waals surface area contributed by atoms with E-state index in [1.807, 2.05) is 54.6 Å². The molecule has 2 fully saturated rings. The quantitative estimate of drug-likeness (QED) is 0.237. The lowest BCUT2D eigenvalue weighted by Gasteiger charge is -2.41. The van der Waals surface area contributed by atoms with Gasteiger partial charge in [-0.1, -0.05) is 59.8 Å². The van der Waals surface area contributed by atoms with E-state index in [4.69, 9.17) is 10.8 Å². The summed E-state index contributed by atoms with van der Waals surface area (Å²) < 4.78 is 2.08. The van der Waals surface area contributed by atoms with E-state index < -0.39 is 0 Å². The molecular weight excluding hydrogens is 476 g/mol. The molecule has 0 unspecified atom stereocenters. The van der Waals surface area contributed by atoms with Crippen molar-refractivity contribution < 1.29 is 5.21 Å². The van der Waals surface area contributed by atoms with E-state index in [1.165, 1.54) is 19.2 Å². The van der Waals surface area contributed by atoms with Crippen LogP contribution in [0.3, 0.4) is 0 Å². The molecule has 2 aromatic carbocycles. The minimum Gasteiger partial charge on any atom is -0.410 e. The Balaban J connectivity index is 1.27. The topological polar surface area (TPSA) is 109 Å². The maximum atomic E-state index is 9.69. The predicted molar refractivity (Wildman–Crippen MR) is 149 cm³/mol. The molecule has 1 aliphatic heterocycles. The number of hydrogen-bond acceptors (Lipinski definition) is 8. The zero-order chi connectivity index (χ0) is 26.1. The van der Waals surface area contributed by atoms with Crippen molar-refractivity contribution in [3.63, 3.8) is 0 Å². The van der Waals surface area contributed by atoms with Gasteiger partial charge in [0.05, 0.1) is 11.4 Å². The fraction of sp³-hybridized carbons (Fsp3) is 0.379. The molecule has 6 rings (SSSR count). The van der Waals surface area contributed by atoms with Crippen LogP contribution in [0, 0.1) is 0 Å². The molecule has 3 N–H and O–H groups in total. The molecular formula is C29H34N8O. The molecule has 196 valence electrons. The minimum atomic E-state index is 0.287. The molecule has 3 heterocycles. The van der Waals surface area contributed by atoms with Gasteiger partial charge in [-0.3, -0.25) is 4.90 Å². The van der Waals surface area contributed by atoms with Crippen molar-refractivity contribution in [3.8, 4) is 11.3 Å². The minimum absolute atomic E-state index is 0.287. The third kappa shape index (κ3) is 4.63. The fourth-order valence-electron chi connectivity index (χ4n) is 5.97. The summed E-state index contributed by atoms with van der Waals surface area (Å²) in [6.45, 7) is 4.62. The Labute approximate surface area is 222 Å². The average Bonchev–Trinajstić information content (AvgIpc) is 3.36. The molecule has 4 aromatic rings. The molecule has 0 bridgehead atoms. The Morgan fingerprint density at radius 3 is 2.21 bits per heavy atom. The largest absolute Gasteiger partial charge is 0.410 e. The van der Waals surface area contributed by atoms with Crippen LogP contribution in [0.15, 0.2) is 66.1 Å². The number of nitrogens with zero attached hydrogens (tertiary/aromatic N) is 7. The van der Waals surface area contributed by atoms with Crippen molar-refractivity contribution in [1.82, 2.24) is 29.5 Å². The van der Waals surface area contributed by atoms with Gasteiger partial charge in [-0.05, 0) is 32.7 Å². The van der Waals surface area contributed by atoms with Crippen LogP contribution in [-0.4, -0.2) is 79.7 Å². The van der Waals surface area contributed by atoms with Crippen LogP contribution < -0.4 is 5.73 Å². The van der Waals surface area contributed by atoms with E-state index in [2.05, 4.69) is 36.7 Å². The van der Waals surface area contributed by atoms with Crippen LogP contribution in [0.25, 0.3) is 22.3 Å². The number of likely N-dealkylation sites (N-methyl/N-ethyl adjacent to an activating group) is 1. The number of piperazine rings is 1. The van der Waals surface area contributed by atoms with Gasteiger partial charge < -0.3 is 15.8 Å². The highest BCUT2D eigenvalue weighted by Gasteiger charge is 2.30. The number of rotatable bonds is 5. The van der Waals surface area contributed by atoms with E-state index in [-0.39, 0.29) is 6.04 Å². The lowest BCUT2D eigenvalue weighted by molar-refractivity contribution is 0.0815. The summed E-state index contributed by atoms with van der Waals surface area (Å²) in [5.41, 5.74) is 11.1. The number of nitrogens with two attached hydrogens (primary N) is 1. The maximum Gasteiger partial charge on any atom is 0.164 e. The van der Waals surface area contributed by atoms with Crippen molar-refractivity contribution in [2.75, 3.05) is 39.0 Å². The smallest absolute Gasteiger partial charge is 0.164 e. The summed E-state index contributed by atoms with van der Waals surface area (Å²) in [7, 11) is 2.21. The van der Waals surface area contributed by atoms with Crippen molar-refractivity contribution in [1.29, 1.82) is 0 Å². The third-order valence-electron chi connectivity index (χ3n) is 8.16. The summed E-state index contributed by atoms with van der Waals surface area (Å²) in [6.07, 6.45) is 6.02. The lowest BCUT2D eigenvalue weighted by atomic mass is 9.90. The van der Waals surface area contributed by atoms with Gasteiger partial charge in [0.25, 0.3) is 0 Å². The Kier molecular flexibility index (Phi) is 6.78. The summed E-state index contributed by atoms with van der Waals surface area (Å²) in [5.74, 6) is 0.438. The first-order valence-electron chi connectivity index (χ1n) is 13.4. The van der Waals surface area contributed by atoms with Crippen molar-refractivity contribution >= 4 is 22.6 Å². The van der Waals surface area contributed by atoms with Gasteiger partial charge in [0.2, 0.25) is 0 Å². The van der Waals surface area contributed by atoms with Crippen LogP contribution in [0.4, 0.5) is 5.82 Å². The van der Waals surface area contributed by atoms with Gasteiger partial charge >= 0.3 is 0 Å². The molecule has 2 aromatic heterocycles. The molecule has 0 radical (unpaired) electrons.